The zero-order valence-electron chi connectivity index (χ0n) is 19.2. The van der Waals surface area contributed by atoms with Gasteiger partial charge in [0.15, 0.2) is 17.5 Å². The topological polar surface area (TPSA) is 9.23 Å². The molecule has 37 heavy (non-hydrogen) atoms. The van der Waals surface area contributed by atoms with Crippen molar-refractivity contribution < 1.29 is 39.9 Å². The van der Waals surface area contributed by atoms with Crippen molar-refractivity contribution in [1.82, 2.24) is 0 Å². The van der Waals surface area contributed by atoms with Crippen molar-refractivity contribution in [2.45, 2.75) is 25.9 Å². The first-order valence-corrected chi connectivity index (χ1v) is 11.1. The Kier molecular flexibility index (Phi) is 7.25. The lowest BCUT2D eigenvalue weighted by Crippen LogP contribution is -2.22. The lowest BCUT2D eigenvalue weighted by molar-refractivity contribution is -0.185. The molecular weight excluding hydrogens is 504 g/mol. The first-order chi connectivity index (χ1) is 17.5. The Morgan fingerprint density at radius 3 is 1.76 bits per heavy atom. The average molecular weight is 522 g/mol. The highest BCUT2D eigenvalue weighted by Gasteiger charge is 2.35. The second-order valence-corrected chi connectivity index (χ2v) is 8.28. The number of aryl methyl sites for hydroxylation is 1. The molecule has 4 rings (SSSR count). The third kappa shape index (κ3) is 5.45. The van der Waals surface area contributed by atoms with Gasteiger partial charge in [-0.1, -0.05) is 37.6 Å². The van der Waals surface area contributed by atoms with Crippen molar-refractivity contribution in [2.75, 3.05) is 0 Å². The summed E-state index contributed by atoms with van der Waals surface area (Å²) in [4.78, 5) is 0. The zero-order chi connectivity index (χ0) is 26.9. The Morgan fingerprint density at radius 2 is 1.22 bits per heavy atom. The number of alkyl halides is 2. The van der Waals surface area contributed by atoms with Crippen LogP contribution in [0.15, 0.2) is 66.7 Å². The number of ether oxygens (including phenoxy) is 1. The molecule has 0 heterocycles. The van der Waals surface area contributed by atoms with E-state index in [9.17, 15) is 35.1 Å². The number of halogens is 8. The predicted octanol–water partition coefficient (Wildman–Crippen LogP) is 8.94. The van der Waals surface area contributed by atoms with Crippen molar-refractivity contribution in [3.8, 4) is 28.0 Å². The molecule has 0 amide bonds. The van der Waals surface area contributed by atoms with Crippen LogP contribution in [-0.4, -0.2) is 0 Å². The van der Waals surface area contributed by atoms with Crippen LogP contribution in [-0.2, 0) is 12.5 Å². The number of hydrogen-bond donors (Lipinski definition) is 0. The highest BCUT2D eigenvalue weighted by atomic mass is 19.3. The Balaban J connectivity index is 1.59. The van der Waals surface area contributed by atoms with Gasteiger partial charge in [-0.15, -0.1) is 0 Å². The van der Waals surface area contributed by atoms with Gasteiger partial charge in [-0.3, -0.25) is 0 Å². The van der Waals surface area contributed by atoms with Gasteiger partial charge in [-0.05, 0) is 53.4 Å². The Morgan fingerprint density at radius 1 is 0.649 bits per heavy atom. The Labute approximate surface area is 207 Å². The van der Waals surface area contributed by atoms with Crippen LogP contribution in [0.4, 0.5) is 35.1 Å². The summed E-state index contributed by atoms with van der Waals surface area (Å²) in [6.07, 6.45) is -2.88. The van der Waals surface area contributed by atoms with E-state index < -0.39 is 52.3 Å². The van der Waals surface area contributed by atoms with Crippen LogP contribution in [0.1, 0.15) is 24.5 Å². The lowest BCUT2D eigenvalue weighted by atomic mass is 9.97. The lowest BCUT2D eigenvalue weighted by Gasteiger charge is -2.19. The molecule has 0 saturated carbocycles. The molecule has 0 bridgehead atoms. The molecule has 0 unspecified atom stereocenters. The fraction of sp³-hybridized carbons (Fsp3) is 0.143. The van der Waals surface area contributed by atoms with Gasteiger partial charge in [0.25, 0.3) is 0 Å². The molecule has 1 nitrogen and oxygen atoms in total. The molecule has 0 aliphatic rings. The van der Waals surface area contributed by atoms with Gasteiger partial charge in [0, 0.05) is 17.7 Å². The van der Waals surface area contributed by atoms with Crippen LogP contribution in [0.3, 0.4) is 0 Å². The first kappa shape index (κ1) is 26.2. The number of hydrogen-bond acceptors (Lipinski definition) is 1. The summed E-state index contributed by atoms with van der Waals surface area (Å²) in [5, 5.41) is 0. The molecule has 0 spiro atoms. The highest BCUT2D eigenvalue weighted by molar-refractivity contribution is 5.72. The molecule has 9 heteroatoms. The van der Waals surface area contributed by atoms with Crippen LogP contribution in [0.5, 0.6) is 5.75 Å². The standard InChI is InChI=1S/C28H18F8O/c1-2-3-15-10-22(30)26(23(31)11-15)17-6-9-20(21(29)12-17)16-4-7-18(8-5-16)28(35,36)37-19-13-24(32)27(34)25(33)14-19/h4-14H,2-3H2,1H3. The summed E-state index contributed by atoms with van der Waals surface area (Å²) < 4.78 is 117. The molecule has 0 aliphatic heterocycles. The minimum atomic E-state index is -4.06. The molecule has 192 valence electrons. The minimum absolute atomic E-state index is 0.0226. The molecule has 0 aromatic heterocycles. The van der Waals surface area contributed by atoms with Crippen molar-refractivity contribution in [3.63, 3.8) is 0 Å². The van der Waals surface area contributed by atoms with E-state index >= 15 is 0 Å². The molecule has 0 aliphatic carbocycles. The van der Waals surface area contributed by atoms with E-state index in [1.54, 1.807) is 0 Å². The smallest absolute Gasteiger partial charge is 0.426 e. The van der Waals surface area contributed by atoms with Gasteiger partial charge >= 0.3 is 6.11 Å². The van der Waals surface area contributed by atoms with Crippen LogP contribution in [0.2, 0.25) is 0 Å². The molecule has 0 N–H and O–H groups in total. The van der Waals surface area contributed by atoms with Crippen LogP contribution in [0, 0.1) is 34.9 Å². The summed E-state index contributed by atoms with van der Waals surface area (Å²) in [5.41, 5.74) is -0.517. The predicted molar refractivity (Wildman–Crippen MR) is 122 cm³/mol. The highest BCUT2D eigenvalue weighted by Crippen LogP contribution is 2.36. The number of benzene rings is 4. The van der Waals surface area contributed by atoms with Gasteiger partial charge in [0.1, 0.15) is 23.2 Å². The minimum Gasteiger partial charge on any atom is -0.429 e. The monoisotopic (exact) mass is 522 g/mol. The van der Waals surface area contributed by atoms with E-state index in [2.05, 4.69) is 4.74 Å². The van der Waals surface area contributed by atoms with Gasteiger partial charge < -0.3 is 4.74 Å². The van der Waals surface area contributed by atoms with Gasteiger partial charge in [-0.2, -0.15) is 8.78 Å². The molecular formula is C28H18F8O. The molecule has 0 fully saturated rings. The second kappa shape index (κ2) is 10.2. The summed E-state index contributed by atoms with van der Waals surface area (Å²) >= 11 is 0. The second-order valence-electron chi connectivity index (χ2n) is 8.28. The summed E-state index contributed by atoms with van der Waals surface area (Å²) in [6.45, 7) is 1.87. The van der Waals surface area contributed by atoms with Gasteiger partial charge in [-0.25, -0.2) is 26.3 Å². The Hall–Kier alpha value is -3.88. The van der Waals surface area contributed by atoms with Crippen molar-refractivity contribution in [1.29, 1.82) is 0 Å². The normalized spacial score (nSPS) is 11.6. The van der Waals surface area contributed by atoms with E-state index in [1.807, 2.05) is 6.92 Å². The quantitative estimate of drug-likeness (QED) is 0.174. The largest absolute Gasteiger partial charge is 0.429 e. The molecule has 4 aromatic rings. The average Bonchev–Trinajstić information content (AvgIpc) is 2.82. The molecule has 0 atom stereocenters. The van der Waals surface area contributed by atoms with Crippen LogP contribution < -0.4 is 4.74 Å². The number of rotatable bonds is 7. The van der Waals surface area contributed by atoms with E-state index in [-0.39, 0.29) is 34.4 Å². The summed E-state index contributed by atoms with van der Waals surface area (Å²) in [5.74, 6) is -8.66. The molecule has 0 saturated heterocycles. The van der Waals surface area contributed by atoms with E-state index in [0.717, 1.165) is 30.3 Å². The molecule has 0 radical (unpaired) electrons. The van der Waals surface area contributed by atoms with Crippen molar-refractivity contribution in [3.05, 3.63) is 113 Å². The maximum absolute atomic E-state index is 14.9. The maximum Gasteiger partial charge on any atom is 0.426 e. The van der Waals surface area contributed by atoms with E-state index in [0.29, 0.717) is 18.4 Å². The van der Waals surface area contributed by atoms with E-state index in [4.69, 9.17) is 0 Å². The third-order valence-electron chi connectivity index (χ3n) is 5.63. The van der Waals surface area contributed by atoms with Crippen LogP contribution >= 0.6 is 0 Å². The van der Waals surface area contributed by atoms with Crippen LogP contribution in [0.25, 0.3) is 22.3 Å². The first-order valence-electron chi connectivity index (χ1n) is 11.1. The van der Waals surface area contributed by atoms with E-state index in [1.165, 1.54) is 24.3 Å². The zero-order valence-corrected chi connectivity index (χ0v) is 19.2. The summed E-state index contributed by atoms with van der Waals surface area (Å²) in [6, 6.07) is 10.6. The van der Waals surface area contributed by atoms with Gasteiger partial charge in [0.2, 0.25) is 0 Å². The SMILES string of the molecule is CCCc1cc(F)c(-c2ccc(-c3ccc(C(F)(F)Oc4cc(F)c(F)c(F)c4)cc3)c(F)c2)c(F)c1. The van der Waals surface area contributed by atoms with Crippen molar-refractivity contribution in [2.24, 2.45) is 0 Å². The summed E-state index contributed by atoms with van der Waals surface area (Å²) in [7, 11) is 0. The molecule has 4 aromatic carbocycles. The fourth-order valence-electron chi connectivity index (χ4n) is 3.88. The Bertz CT molecular complexity index is 1400. The maximum atomic E-state index is 14.9. The van der Waals surface area contributed by atoms with Crippen molar-refractivity contribution >= 4 is 0 Å². The third-order valence-corrected chi connectivity index (χ3v) is 5.63. The van der Waals surface area contributed by atoms with Gasteiger partial charge in [0.05, 0.1) is 11.1 Å². The fourth-order valence-corrected chi connectivity index (χ4v) is 3.88.